The van der Waals surface area contributed by atoms with Crippen molar-refractivity contribution < 1.29 is 25.8 Å². The van der Waals surface area contributed by atoms with E-state index in [9.17, 15) is 0 Å². The molecule has 192 valence electrons. The predicted molar refractivity (Wildman–Crippen MR) is 155 cm³/mol. The summed E-state index contributed by atoms with van der Waals surface area (Å²) in [4.78, 5) is 5.14. The van der Waals surface area contributed by atoms with Crippen LogP contribution in [0.3, 0.4) is 0 Å². The number of benzene rings is 3. The first kappa shape index (κ1) is 30.7. The molecule has 2 nitrogen and oxygen atoms in total. The van der Waals surface area contributed by atoms with Crippen LogP contribution in [-0.4, -0.2) is 4.98 Å². The van der Waals surface area contributed by atoms with Crippen LogP contribution in [0.2, 0.25) is 0 Å². The third-order valence-electron chi connectivity index (χ3n) is 6.65. The molecule has 3 heteroatoms. The van der Waals surface area contributed by atoms with Crippen molar-refractivity contribution in [3.63, 3.8) is 0 Å². The van der Waals surface area contributed by atoms with Crippen LogP contribution in [-0.2, 0) is 25.8 Å². The maximum Gasteiger partial charge on any atom is 0.0196 e. The maximum atomic E-state index is 5.55. The number of hydrogen-bond donors (Lipinski definition) is 0. The van der Waals surface area contributed by atoms with Crippen LogP contribution < -0.4 is 0 Å². The molecule has 1 atom stereocenters. The molecule has 0 aliphatic carbocycles. The van der Waals surface area contributed by atoms with E-state index in [0.717, 1.165) is 22.6 Å². The Morgan fingerprint density at radius 1 is 0.757 bits per heavy atom. The molecule has 0 bridgehead atoms. The van der Waals surface area contributed by atoms with Gasteiger partial charge in [0.05, 0.1) is 0 Å². The van der Waals surface area contributed by atoms with Gasteiger partial charge in [-0.1, -0.05) is 92.4 Å². The van der Waals surface area contributed by atoms with E-state index in [0.29, 0.717) is 11.8 Å². The number of rotatable bonds is 7. The molecule has 0 N–H and O–H groups in total. The largest absolute Gasteiger partial charge is 0.673 e. The van der Waals surface area contributed by atoms with Crippen LogP contribution in [0, 0.1) is 34.3 Å². The van der Waals surface area contributed by atoms with Crippen LogP contribution in [0.1, 0.15) is 84.6 Å². The van der Waals surface area contributed by atoms with E-state index >= 15 is 0 Å². The smallest absolute Gasteiger partial charge is 0.0196 e. The fourth-order valence-electron chi connectivity index (χ4n) is 5.00. The van der Waals surface area contributed by atoms with E-state index in [1.54, 1.807) is 0 Å². The average molecular weight is 654 g/mol. The summed E-state index contributed by atoms with van der Waals surface area (Å²) in [5.74, 6) is 0.762. The Balaban J connectivity index is 0.00000241. The minimum Gasteiger partial charge on any atom is -0.673 e. The Hall–Kier alpha value is -2.52. The molecule has 0 saturated heterocycles. The van der Waals surface area contributed by atoms with E-state index in [-0.39, 0.29) is 39.3 Å². The molecular formula is C34H39HfN2-3. The van der Waals surface area contributed by atoms with Crippen molar-refractivity contribution in [2.45, 2.75) is 66.3 Å². The van der Waals surface area contributed by atoms with Gasteiger partial charge in [0.2, 0.25) is 0 Å². The van der Waals surface area contributed by atoms with Crippen molar-refractivity contribution in [3.8, 4) is 11.3 Å². The molecule has 0 aliphatic rings. The first-order valence-corrected chi connectivity index (χ1v) is 12.6. The molecule has 1 aromatic heterocycles. The minimum absolute atomic E-state index is 0. The second-order valence-electron chi connectivity index (χ2n) is 10.2. The SMILES string of the molecule is Cc1cc(C)c(C([N-]c2c(C(C)C)cccc2C(C)C)c2cccc(-c3[c-]cccc3)n2)c(C)c1.[CH3-].[Hf]. The van der Waals surface area contributed by atoms with Gasteiger partial charge in [-0.05, 0) is 61.5 Å². The molecule has 0 aliphatic heterocycles. The zero-order chi connectivity index (χ0) is 25.1. The summed E-state index contributed by atoms with van der Waals surface area (Å²) >= 11 is 0. The molecule has 37 heavy (non-hydrogen) atoms. The number of aromatic nitrogens is 1. The Morgan fingerprint density at radius 3 is 1.89 bits per heavy atom. The molecule has 0 radical (unpaired) electrons. The zero-order valence-electron chi connectivity index (χ0n) is 23.6. The van der Waals surface area contributed by atoms with Gasteiger partial charge in [0, 0.05) is 31.5 Å². The Kier molecular flexibility index (Phi) is 11.1. The molecule has 4 rings (SSSR count). The second kappa shape index (κ2) is 13.3. The van der Waals surface area contributed by atoms with Gasteiger partial charge in [-0.3, -0.25) is 0 Å². The summed E-state index contributed by atoms with van der Waals surface area (Å²) in [7, 11) is 0. The summed E-state index contributed by atoms with van der Waals surface area (Å²) in [6, 6.07) is 28.6. The standard InChI is InChI=1S/C33H36N2.CH3.Hf/c1-21(2)27-15-11-16-28(22(3)4)32(27)35-33(31-24(6)19-23(5)20-25(31)7)30-18-12-17-29(34-30)26-13-9-8-10-14-26;;/h8-13,15-22,33H,1-7H3;1H3;/q-2;-1;. The topological polar surface area (TPSA) is 27.0 Å². The molecular weight excluding hydrogens is 615 g/mol. The van der Waals surface area contributed by atoms with Gasteiger partial charge in [0.25, 0.3) is 0 Å². The Labute approximate surface area is 243 Å². The third-order valence-corrected chi connectivity index (χ3v) is 6.65. The Morgan fingerprint density at radius 2 is 1.35 bits per heavy atom. The first-order chi connectivity index (χ1) is 16.8. The van der Waals surface area contributed by atoms with Gasteiger partial charge < -0.3 is 17.7 Å². The van der Waals surface area contributed by atoms with Gasteiger partial charge in [-0.2, -0.15) is 0 Å². The molecule has 0 fully saturated rings. The fraction of sp³-hybridized carbons (Fsp3) is 0.294. The number of nitrogens with zero attached hydrogens (tertiary/aromatic N) is 2. The van der Waals surface area contributed by atoms with Gasteiger partial charge >= 0.3 is 0 Å². The van der Waals surface area contributed by atoms with Gasteiger partial charge in [0.1, 0.15) is 0 Å². The van der Waals surface area contributed by atoms with Crippen LogP contribution in [0.4, 0.5) is 5.69 Å². The summed E-state index contributed by atoms with van der Waals surface area (Å²) < 4.78 is 0. The Bertz CT molecular complexity index is 1260. The van der Waals surface area contributed by atoms with E-state index < -0.39 is 0 Å². The monoisotopic (exact) mass is 655 g/mol. The zero-order valence-corrected chi connectivity index (χ0v) is 27.1. The van der Waals surface area contributed by atoms with Crippen LogP contribution in [0.5, 0.6) is 0 Å². The average Bonchev–Trinajstić information content (AvgIpc) is 2.83. The molecule has 0 amide bonds. The van der Waals surface area contributed by atoms with E-state index in [4.69, 9.17) is 10.3 Å². The fourth-order valence-corrected chi connectivity index (χ4v) is 5.00. The van der Waals surface area contributed by atoms with Crippen molar-refractivity contribution in [3.05, 3.63) is 131 Å². The molecule has 1 heterocycles. The molecule has 0 spiro atoms. The van der Waals surface area contributed by atoms with Crippen LogP contribution >= 0.6 is 0 Å². The van der Waals surface area contributed by atoms with Gasteiger partial charge in [0.15, 0.2) is 0 Å². The minimum atomic E-state index is -0.198. The normalized spacial score (nSPS) is 11.6. The van der Waals surface area contributed by atoms with Crippen molar-refractivity contribution in [2.75, 3.05) is 0 Å². The molecule has 3 aromatic carbocycles. The summed E-state index contributed by atoms with van der Waals surface area (Å²) in [6.07, 6.45) is 0. The number of aryl methyl sites for hydroxylation is 3. The van der Waals surface area contributed by atoms with Gasteiger partial charge in [-0.15, -0.1) is 41.6 Å². The van der Waals surface area contributed by atoms with Gasteiger partial charge in [-0.25, -0.2) is 0 Å². The van der Waals surface area contributed by atoms with E-state index in [2.05, 4.69) is 109 Å². The van der Waals surface area contributed by atoms with Crippen molar-refractivity contribution in [2.24, 2.45) is 0 Å². The molecule has 1 unspecified atom stereocenters. The first-order valence-electron chi connectivity index (χ1n) is 12.6. The number of hydrogen-bond acceptors (Lipinski definition) is 1. The maximum absolute atomic E-state index is 5.55. The van der Waals surface area contributed by atoms with Crippen LogP contribution in [0.15, 0.2) is 72.8 Å². The number of pyridine rings is 1. The van der Waals surface area contributed by atoms with Crippen molar-refractivity contribution >= 4 is 5.69 Å². The summed E-state index contributed by atoms with van der Waals surface area (Å²) in [6.45, 7) is 15.6. The van der Waals surface area contributed by atoms with E-state index in [1.165, 1.54) is 33.4 Å². The van der Waals surface area contributed by atoms with Crippen molar-refractivity contribution in [1.82, 2.24) is 4.98 Å². The number of para-hydroxylation sites is 1. The predicted octanol–water partition coefficient (Wildman–Crippen LogP) is 9.96. The van der Waals surface area contributed by atoms with Crippen molar-refractivity contribution in [1.29, 1.82) is 0 Å². The molecule has 0 saturated carbocycles. The molecule has 4 aromatic rings. The summed E-state index contributed by atoms with van der Waals surface area (Å²) in [5.41, 5.74) is 11.6. The second-order valence-corrected chi connectivity index (χ2v) is 10.2. The van der Waals surface area contributed by atoms with Crippen LogP contribution in [0.25, 0.3) is 16.6 Å². The summed E-state index contributed by atoms with van der Waals surface area (Å²) in [5, 5.41) is 5.55. The quantitative estimate of drug-likeness (QED) is 0.144. The third kappa shape index (κ3) is 6.87. The van der Waals surface area contributed by atoms with E-state index in [1.807, 2.05) is 18.2 Å².